The highest BCUT2D eigenvalue weighted by molar-refractivity contribution is 14.1. The van der Waals surface area contributed by atoms with Gasteiger partial charge in [-0.1, -0.05) is 23.7 Å². The molecular weight excluding hydrogens is 363 g/mol. The van der Waals surface area contributed by atoms with Crippen LogP contribution in [0.15, 0.2) is 42.0 Å². The lowest BCUT2D eigenvalue weighted by molar-refractivity contribution is -0.119. The number of allylic oxidation sites excluding steroid dienone is 3. The first-order chi connectivity index (χ1) is 8.41. The van der Waals surface area contributed by atoms with Gasteiger partial charge in [0.05, 0.1) is 5.57 Å². The van der Waals surface area contributed by atoms with Gasteiger partial charge in [-0.25, -0.2) is 0 Å². The van der Waals surface area contributed by atoms with E-state index in [2.05, 4.69) is 22.6 Å². The standard InChI is InChI=1S/C14H12ClIO2/c1-9(17)13(10(2)18)7-8-14(15)11-3-5-12(16)6-4-11/h3-8H,1-2H3/b14-8-. The first-order valence-electron chi connectivity index (χ1n) is 5.27. The third kappa shape index (κ3) is 4.38. The van der Waals surface area contributed by atoms with Crippen molar-refractivity contribution in [3.63, 3.8) is 0 Å². The van der Waals surface area contributed by atoms with E-state index in [0.29, 0.717) is 5.03 Å². The summed E-state index contributed by atoms with van der Waals surface area (Å²) in [5, 5.41) is 0.492. The summed E-state index contributed by atoms with van der Waals surface area (Å²) in [7, 11) is 0. The average molecular weight is 375 g/mol. The lowest BCUT2D eigenvalue weighted by atomic mass is 10.1. The van der Waals surface area contributed by atoms with E-state index in [4.69, 9.17) is 11.6 Å². The van der Waals surface area contributed by atoms with Crippen LogP contribution in [0.2, 0.25) is 0 Å². The summed E-state index contributed by atoms with van der Waals surface area (Å²) in [5.41, 5.74) is 0.999. The second-order valence-corrected chi connectivity index (χ2v) is 5.37. The quantitative estimate of drug-likeness (QED) is 0.263. The Kier molecular flexibility index (Phi) is 5.75. The van der Waals surface area contributed by atoms with Crippen molar-refractivity contribution in [1.29, 1.82) is 0 Å². The van der Waals surface area contributed by atoms with Crippen LogP contribution in [0.1, 0.15) is 19.4 Å². The first kappa shape index (κ1) is 15.1. The van der Waals surface area contributed by atoms with Gasteiger partial charge in [0.1, 0.15) is 0 Å². The van der Waals surface area contributed by atoms with E-state index in [-0.39, 0.29) is 17.1 Å². The fraction of sp³-hybridized carbons (Fsp3) is 0.143. The van der Waals surface area contributed by atoms with Crippen LogP contribution in [0, 0.1) is 3.57 Å². The molecule has 1 rings (SSSR count). The molecule has 0 bridgehead atoms. The summed E-state index contributed by atoms with van der Waals surface area (Å²) >= 11 is 8.31. The van der Waals surface area contributed by atoms with Gasteiger partial charge >= 0.3 is 0 Å². The Bertz CT molecular complexity index is 511. The maximum atomic E-state index is 11.2. The Morgan fingerprint density at radius 2 is 1.56 bits per heavy atom. The van der Waals surface area contributed by atoms with E-state index < -0.39 is 0 Å². The van der Waals surface area contributed by atoms with Gasteiger partial charge in [-0.05, 0) is 66.3 Å². The number of ketones is 2. The summed E-state index contributed by atoms with van der Waals surface area (Å²) in [5.74, 6) is -0.517. The van der Waals surface area contributed by atoms with Crippen molar-refractivity contribution in [2.24, 2.45) is 0 Å². The van der Waals surface area contributed by atoms with Crippen LogP contribution in [0.5, 0.6) is 0 Å². The van der Waals surface area contributed by atoms with Crippen LogP contribution in [0.3, 0.4) is 0 Å². The zero-order valence-electron chi connectivity index (χ0n) is 10.0. The molecule has 0 spiro atoms. The van der Waals surface area contributed by atoms with Gasteiger partial charge in [0.25, 0.3) is 0 Å². The highest BCUT2D eigenvalue weighted by atomic mass is 127. The average Bonchev–Trinajstić information content (AvgIpc) is 2.28. The summed E-state index contributed by atoms with van der Waals surface area (Å²) in [6, 6.07) is 7.64. The molecule has 0 aliphatic rings. The van der Waals surface area contributed by atoms with E-state index in [9.17, 15) is 9.59 Å². The molecule has 1 aromatic rings. The van der Waals surface area contributed by atoms with Crippen LogP contribution in [0.4, 0.5) is 0 Å². The van der Waals surface area contributed by atoms with Gasteiger partial charge in [-0.15, -0.1) is 0 Å². The fourth-order valence-electron chi connectivity index (χ4n) is 1.34. The molecule has 4 heteroatoms. The first-order valence-corrected chi connectivity index (χ1v) is 6.72. The predicted octanol–water partition coefficient (Wildman–Crippen LogP) is 3.98. The van der Waals surface area contributed by atoms with Crippen molar-refractivity contribution in [1.82, 2.24) is 0 Å². The minimum Gasteiger partial charge on any atom is -0.294 e. The molecule has 0 aromatic heterocycles. The Balaban J connectivity index is 3.02. The van der Waals surface area contributed by atoms with Gasteiger partial charge < -0.3 is 0 Å². The van der Waals surface area contributed by atoms with Gasteiger partial charge in [-0.2, -0.15) is 0 Å². The molecule has 94 valence electrons. The van der Waals surface area contributed by atoms with Gasteiger partial charge in [0.15, 0.2) is 11.6 Å². The number of rotatable bonds is 4. The number of carbonyl (C=O) groups is 2. The van der Waals surface area contributed by atoms with Crippen molar-refractivity contribution in [3.05, 3.63) is 51.1 Å². The highest BCUT2D eigenvalue weighted by Gasteiger charge is 2.08. The summed E-state index contributed by atoms with van der Waals surface area (Å²) < 4.78 is 1.12. The van der Waals surface area contributed by atoms with Crippen LogP contribution in [-0.2, 0) is 9.59 Å². The van der Waals surface area contributed by atoms with E-state index in [1.54, 1.807) is 6.08 Å². The Hall–Kier alpha value is -0.940. The van der Waals surface area contributed by atoms with Crippen LogP contribution < -0.4 is 0 Å². The SMILES string of the molecule is CC(=O)C(=C/C=C(\Cl)c1ccc(I)cc1)C(C)=O. The number of carbonyl (C=O) groups excluding carboxylic acids is 2. The molecule has 0 amide bonds. The van der Waals surface area contributed by atoms with Crippen molar-refractivity contribution < 1.29 is 9.59 Å². The van der Waals surface area contributed by atoms with Gasteiger partial charge in [0.2, 0.25) is 0 Å². The molecule has 1 aromatic carbocycles. The molecule has 0 fully saturated rings. The van der Waals surface area contributed by atoms with E-state index in [1.807, 2.05) is 24.3 Å². The molecule has 0 aliphatic carbocycles. The van der Waals surface area contributed by atoms with Crippen LogP contribution in [0.25, 0.3) is 5.03 Å². The van der Waals surface area contributed by atoms with E-state index in [1.165, 1.54) is 19.9 Å². The van der Waals surface area contributed by atoms with Crippen molar-refractivity contribution in [2.45, 2.75) is 13.8 Å². The molecule has 18 heavy (non-hydrogen) atoms. The number of hydrogen-bond acceptors (Lipinski definition) is 2. The fourth-order valence-corrected chi connectivity index (χ4v) is 1.89. The highest BCUT2D eigenvalue weighted by Crippen LogP contribution is 2.20. The van der Waals surface area contributed by atoms with E-state index >= 15 is 0 Å². The molecule has 2 nitrogen and oxygen atoms in total. The molecule has 0 saturated carbocycles. The third-order valence-electron chi connectivity index (χ3n) is 2.27. The molecule has 0 unspecified atom stereocenters. The summed E-state index contributed by atoms with van der Waals surface area (Å²) in [4.78, 5) is 22.4. The Morgan fingerprint density at radius 1 is 1.06 bits per heavy atom. The molecular formula is C14H12ClIO2. The molecule has 0 saturated heterocycles. The largest absolute Gasteiger partial charge is 0.294 e. The molecule has 0 heterocycles. The smallest absolute Gasteiger partial charge is 0.163 e. The van der Waals surface area contributed by atoms with Gasteiger partial charge in [-0.3, -0.25) is 9.59 Å². The van der Waals surface area contributed by atoms with Crippen molar-refractivity contribution >= 4 is 50.8 Å². The third-order valence-corrected chi connectivity index (χ3v) is 3.34. The van der Waals surface area contributed by atoms with Crippen molar-refractivity contribution in [3.8, 4) is 0 Å². The number of Topliss-reactive ketones (excluding diaryl/α,β-unsaturated/α-hetero) is 2. The second-order valence-electron chi connectivity index (χ2n) is 3.71. The Morgan fingerprint density at radius 3 is 2.00 bits per heavy atom. The molecule has 0 aliphatic heterocycles. The summed E-state index contributed by atoms with van der Waals surface area (Å²) in [6.07, 6.45) is 3.03. The number of hydrogen-bond donors (Lipinski definition) is 0. The van der Waals surface area contributed by atoms with Crippen molar-refractivity contribution in [2.75, 3.05) is 0 Å². The lowest BCUT2D eigenvalue weighted by Crippen LogP contribution is -2.05. The number of benzene rings is 1. The zero-order valence-corrected chi connectivity index (χ0v) is 12.9. The van der Waals surface area contributed by atoms with Gasteiger partial charge in [0, 0.05) is 8.60 Å². The van der Waals surface area contributed by atoms with Crippen LogP contribution in [-0.4, -0.2) is 11.6 Å². The Labute approximate surface area is 125 Å². The molecule has 0 N–H and O–H groups in total. The minimum absolute atomic E-state index is 0.152. The minimum atomic E-state index is -0.258. The monoisotopic (exact) mass is 374 g/mol. The lowest BCUT2D eigenvalue weighted by Gasteiger charge is -1.99. The topological polar surface area (TPSA) is 34.1 Å². The maximum absolute atomic E-state index is 11.2. The predicted molar refractivity (Wildman–Crippen MR) is 82.4 cm³/mol. The normalized spacial score (nSPS) is 11.0. The molecule has 0 radical (unpaired) electrons. The summed E-state index contributed by atoms with van der Waals surface area (Å²) in [6.45, 7) is 2.72. The second kappa shape index (κ2) is 6.85. The molecule has 0 atom stereocenters. The zero-order chi connectivity index (χ0) is 13.7. The number of halogens is 2. The van der Waals surface area contributed by atoms with Crippen LogP contribution >= 0.6 is 34.2 Å². The maximum Gasteiger partial charge on any atom is 0.163 e. The van der Waals surface area contributed by atoms with E-state index in [0.717, 1.165) is 9.13 Å².